The maximum absolute atomic E-state index is 11.9. The van der Waals surface area contributed by atoms with E-state index in [1.54, 1.807) is 5.57 Å². The van der Waals surface area contributed by atoms with E-state index in [1.807, 2.05) is 0 Å². The van der Waals surface area contributed by atoms with Crippen LogP contribution >= 0.6 is 0 Å². The Balaban J connectivity index is 1.89. The minimum absolute atomic E-state index is 0.482. The fourth-order valence-electron chi connectivity index (χ4n) is 6.98. The highest BCUT2D eigenvalue weighted by atomic mass is 16.1. The van der Waals surface area contributed by atoms with Crippen LogP contribution in [0.1, 0.15) is 132 Å². The number of rotatable bonds is 9. The highest BCUT2D eigenvalue weighted by molar-refractivity contribution is 5.78. The third kappa shape index (κ3) is 8.64. The molecule has 186 valence electrons. The lowest BCUT2D eigenvalue weighted by Crippen LogP contribution is -2.25. The quantitative estimate of drug-likeness (QED) is 0.255. The van der Waals surface area contributed by atoms with Crippen LogP contribution in [0.15, 0.2) is 11.6 Å². The van der Waals surface area contributed by atoms with E-state index in [4.69, 9.17) is 0 Å². The first kappa shape index (κ1) is 27.7. The molecular weight excluding hydrogens is 388 g/mol. The zero-order valence-corrected chi connectivity index (χ0v) is 22.8. The molecule has 2 rings (SSSR count). The molecule has 0 aromatic rings. The van der Waals surface area contributed by atoms with E-state index in [1.165, 1.54) is 57.8 Å². The molecule has 2 aliphatic rings. The van der Waals surface area contributed by atoms with Gasteiger partial charge in [0.25, 0.3) is 0 Å². The van der Waals surface area contributed by atoms with Crippen LogP contribution in [-0.2, 0) is 4.79 Å². The number of hydrogen-bond acceptors (Lipinski definition) is 1. The summed E-state index contributed by atoms with van der Waals surface area (Å²) >= 11 is 0. The van der Waals surface area contributed by atoms with Gasteiger partial charge in [-0.1, -0.05) is 85.8 Å². The summed E-state index contributed by atoms with van der Waals surface area (Å²) in [4.78, 5) is 11.9. The van der Waals surface area contributed by atoms with Crippen molar-refractivity contribution in [3.63, 3.8) is 0 Å². The van der Waals surface area contributed by atoms with E-state index in [9.17, 15) is 4.79 Å². The number of carbonyl (C=O) groups excluding carboxylic acids is 1. The zero-order chi connectivity index (χ0) is 23.7. The maximum Gasteiger partial charge on any atom is 0.133 e. The van der Waals surface area contributed by atoms with Gasteiger partial charge >= 0.3 is 0 Å². The van der Waals surface area contributed by atoms with Crippen molar-refractivity contribution >= 4 is 5.78 Å². The van der Waals surface area contributed by atoms with Gasteiger partial charge in [-0.25, -0.2) is 0 Å². The first-order valence-corrected chi connectivity index (χ1v) is 14.4. The van der Waals surface area contributed by atoms with Crippen molar-refractivity contribution in [3.8, 4) is 0 Å². The zero-order valence-electron chi connectivity index (χ0n) is 22.8. The molecule has 1 heteroatoms. The molecule has 2 aliphatic carbocycles. The molecule has 7 atom stereocenters. The highest BCUT2D eigenvalue weighted by Crippen LogP contribution is 2.41. The van der Waals surface area contributed by atoms with Gasteiger partial charge in [0.05, 0.1) is 0 Å². The Morgan fingerprint density at radius 2 is 1.69 bits per heavy atom. The Morgan fingerprint density at radius 3 is 2.38 bits per heavy atom. The largest absolute Gasteiger partial charge is 0.300 e. The third-order valence-corrected chi connectivity index (χ3v) is 9.75. The summed E-state index contributed by atoms with van der Waals surface area (Å²) in [5.41, 5.74) is 1.59. The number of carbonyl (C=O) groups is 1. The van der Waals surface area contributed by atoms with Crippen molar-refractivity contribution in [1.82, 2.24) is 0 Å². The SMILES string of the molecule is CCC(CCC(C)C(C)C1CCCC(C/C=C2/CCC(=O)CCCC2C)CC1C)C(C)C. The smallest absolute Gasteiger partial charge is 0.133 e. The predicted molar refractivity (Wildman–Crippen MR) is 141 cm³/mol. The summed E-state index contributed by atoms with van der Waals surface area (Å²) < 4.78 is 0. The van der Waals surface area contributed by atoms with Crippen LogP contribution in [0.3, 0.4) is 0 Å². The molecular formula is C31H56O. The molecule has 1 nitrogen and oxygen atoms in total. The average Bonchev–Trinajstić information content (AvgIpc) is 2.93. The Morgan fingerprint density at radius 1 is 0.938 bits per heavy atom. The standard InChI is InChI=1S/C31H56O/c1-8-28(22(2)3)17-15-23(4)26(7)31-14-10-12-27(21-25(31)6)16-18-29-19-20-30(32)13-9-11-24(29)5/h18,22-28,31H,8-17,19-21H2,1-7H3/b29-18-. The normalized spacial score (nSPS) is 32.2. The Kier molecular flexibility index (Phi) is 12.1. The van der Waals surface area contributed by atoms with Crippen LogP contribution in [0.4, 0.5) is 0 Å². The molecule has 0 aromatic carbocycles. The second-order valence-corrected chi connectivity index (χ2v) is 12.3. The van der Waals surface area contributed by atoms with E-state index < -0.39 is 0 Å². The Labute approximate surface area is 201 Å². The molecule has 0 aliphatic heterocycles. The van der Waals surface area contributed by atoms with Crippen molar-refractivity contribution < 1.29 is 4.79 Å². The van der Waals surface area contributed by atoms with E-state index in [2.05, 4.69) is 54.5 Å². The van der Waals surface area contributed by atoms with Gasteiger partial charge in [-0.15, -0.1) is 0 Å². The summed E-state index contributed by atoms with van der Waals surface area (Å²) in [5, 5.41) is 0. The minimum atomic E-state index is 0.482. The Bertz CT molecular complexity index is 573. The van der Waals surface area contributed by atoms with Crippen molar-refractivity contribution in [1.29, 1.82) is 0 Å². The second-order valence-electron chi connectivity index (χ2n) is 12.3. The van der Waals surface area contributed by atoms with Gasteiger partial charge in [0.15, 0.2) is 0 Å². The molecule has 0 N–H and O–H groups in total. The first-order valence-electron chi connectivity index (χ1n) is 14.4. The van der Waals surface area contributed by atoms with Gasteiger partial charge in [-0.3, -0.25) is 4.79 Å². The first-order chi connectivity index (χ1) is 15.2. The molecule has 0 bridgehead atoms. The van der Waals surface area contributed by atoms with E-state index in [0.29, 0.717) is 11.7 Å². The van der Waals surface area contributed by atoms with E-state index in [-0.39, 0.29) is 0 Å². The van der Waals surface area contributed by atoms with Crippen molar-refractivity contribution in [3.05, 3.63) is 11.6 Å². The molecule has 0 amide bonds. The van der Waals surface area contributed by atoms with E-state index in [0.717, 1.165) is 67.1 Å². The lowest BCUT2D eigenvalue weighted by atomic mass is 9.72. The van der Waals surface area contributed by atoms with Gasteiger partial charge in [-0.05, 0) is 92.3 Å². The van der Waals surface area contributed by atoms with Gasteiger partial charge in [0.2, 0.25) is 0 Å². The summed E-state index contributed by atoms with van der Waals surface area (Å²) in [6.07, 6.45) is 18.6. The second kappa shape index (κ2) is 14.0. The molecule has 7 unspecified atom stereocenters. The van der Waals surface area contributed by atoms with Crippen LogP contribution in [0, 0.1) is 47.3 Å². The number of Topliss-reactive ketones (excluding diaryl/α,β-unsaturated/α-hetero) is 1. The van der Waals surface area contributed by atoms with Crippen LogP contribution in [0.2, 0.25) is 0 Å². The van der Waals surface area contributed by atoms with Crippen LogP contribution in [-0.4, -0.2) is 5.78 Å². The third-order valence-electron chi connectivity index (χ3n) is 9.75. The monoisotopic (exact) mass is 444 g/mol. The van der Waals surface area contributed by atoms with Gasteiger partial charge in [0.1, 0.15) is 5.78 Å². The molecule has 0 heterocycles. The fraction of sp³-hybridized carbons (Fsp3) is 0.903. The molecule has 32 heavy (non-hydrogen) atoms. The van der Waals surface area contributed by atoms with Crippen molar-refractivity contribution in [2.24, 2.45) is 47.3 Å². The average molecular weight is 445 g/mol. The summed E-state index contributed by atoms with van der Waals surface area (Å²) in [7, 11) is 0. The number of hydrogen-bond donors (Lipinski definition) is 0. The Hall–Kier alpha value is -0.590. The summed E-state index contributed by atoms with van der Waals surface area (Å²) in [6, 6.07) is 0. The van der Waals surface area contributed by atoms with Gasteiger partial charge in [0, 0.05) is 12.8 Å². The topological polar surface area (TPSA) is 17.1 Å². The van der Waals surface area contributed by atoms with Crippen LogP contribution in [0.5, 0.6) is 0 Å². The molecule has 2 fully saturated rings. The number of ketones is 1. The summed E-state index contributed by atoms with van der Waals surface area (Å²) in [6.45, 7) is 17.2. The predicted octanol–water partition coefficient (Wildman–Crippen LogP) is 9.65. The van der Waals surface area contributed by atoms with Crippen LogP contribution < -0.4 is 0 Å². The van der Waals surface area contributed by atoms with Gasteiger partial charge < -0.3 is 0 Å². The molecule has 0 radical (unpaired) electrons. The minimum Gasteiger partial charge on any atom is -0.300 e. The molecule has 0 saturated heterocycles. The summed E-state index contributed by atoms with van der Waals surface area (Å²) in [5.74, 6) is 7.19. The highest BCUT2D eigenvalue weighted by Gasteiger charge is 2.31. The lowest BCUT2D eigenvalue weighted by molar-refractivity contribution is -0.119. The lowest BCUT2D eigenvalue weighted by Gasteiger charge is -2.34. The van der Waals surface area contributed by atoms with E-state index >= 15 is 0 Å². The maximum atomic E-state index is 11.9. The molecule has 0 aromatic heterocycles. The number of allylic oxidation sites excluding steroid dienone is 2. The van der Waals surface area contributed by atoms with Crippen molar-refractivity contribution in [2.45, 2.75) is 132 Å². The van der Waals surface area contributed by atoms with Crippen molar-refractivity contribution in [2.75, 3.05) is 0 Å². The fourth-order valence-corrected chi connectivity index (χ4v) is 6.98. The van der Waals surface area contributed by atoms with Gasteiger partial charge in [-0.2, -0.15) is 0 Å². The van der Waals surface area contributed by atoms with Crippen LogP contribution in [0.25, 0.3) is 0 Å². The molecule has 0 spiro atoms. The molecule has 2 saturated carbocycles.